The van der Waals surface area contributed by atoms with Crippen LogP contribution in [0.3, 0.4) is 0 Å². The fraction of sp³-hybridized carbons (Fsp3) is 0.733. The minimum absolute atomic E-state index is 0.189. The summed E-state index contributed by atoms with van der Waals surface area (Å²) < 4.78 is 7.96. The Morgan fingerprint density at radius 3 is 2.50 bits per heavy atom. The first-order valence-electron chi connectivity index (χ1n) is 7.50. The molecule has 0 aliphatic carbocycles. The van der Waals surface area contributed by atoms with E-state index in [1.165, 1.54) is 7.11 Å². The molecule has 0 saturated carbocycles. The summed E-state index contributed by atoms with van der Waals surface area (Å²) in [6.45, 7) is 14.3. The standard InChI is InChI=1S/C15H29N3O3Si/c1-12-11-13(14(19)17(5)20-6)16-18(12)9-10-21-22(7,8)15(2,3)4/h11H,9-10H2,1-8H3. The Hall–Kier alpha value is -1.18. The van der Waals surface area contributed by atoms with Crippen molar-refractivity contribution in [3.8, 4) is 0 Å². The maximum Gasteiger partial charge on any atom is 0.297 e. The number of rotatable bonds is 6. The van der Waals surface area contributed by atoms with Gasteiger partial charge < -0.3 is 4.43 Å². The molecular weight excluding hydrogens is 298 g/mol. The SMILES string of the molecule is CON(C)C(=O)c1cc(C)n(CCO[Si](C)(C)C(C)(C)C)n1. The highest BCUT2D eigenvalue weighted by Crippen LogP contribution is 2.36. The molecule has 0 fully saturated rings. The smallest absolute Gasteiger partial charge is 0.297 e. The summed E-state index contributed by atoms with van der Waals surface area (Å²) in [7, 11) is 1.27. The Bertz CT molecular complexity index is 521. The average Bonchev–Trinajstić information content (AvgIpc) is 2.77. The fourth-order valence-corrected chi connectivity index (χ4v) is 2.72. The molecular formula is C15H29N3O3Si. The average molecular weight is 328 g/mol. The first-order valence-corrected chi connectivity index (χ1v) is 10.4. The Balaban J connectivity index is 2.69. The number of carbonyl (C=O) groups is 1. The molecule has 1 rings (SSSR count). The minimum Gasteiger partial charge on any atom is -0.415 e. The lowest BCUT2D eigenvalue weighted by molar-refractivity contribution is -0.0760. The molecule has 0 N–H and O–H groups in total. The molecule has 1 aromatic heterocycles. The normalized spacial score (nSPS) is 12.5. The quantitative estimate of drug-likeness (QED) is 0.595. The molecule has 0 unspecified atom stereocenters. The first-order chi connectivity index (χ1) is 9.99. The van der Waals surface area contributed by atoms with E-state index in [2.05, 4.69) is 39.0 Å². The number of hydrogen-bond donors (Lipinski definition) is 0. The van der Waals surface area contributed by atoms with Crippen LogP contribution in [-0.2, 0) is 15.8 Å². The number of nitrogens with zero attached hydrogens (tertiary/aromatic N) is 3. The van der Waals surface area contributed by atoms with Crippen LogP contribution in [-0.4, -0.2) is 49.8 Å². The maximum absolute atomic E-state index is 12.0. The summed E-state index contributed by atoms with van der Waals surface area (Å²) in [5.74, 6) is -0.255. The monoisotopic (exact) mass is 327 g/mol. The van der Waals surface area contributed by atoms with Gasteiger partial charge in [0.05, 0.1) is 20.3 Å². The van der Waals surface area contributed by atoms with Crippen molar-refractivity contribution < 1.29 is 14.1 Å². The van der Waals surface area contributed by atoms with E-state index >= 15 is 0 Å². The van der Waals surface area contributed by atoms with Gasteiger partial charge in [-0.2, -0.15) is 5.10 Å². The summed E-state index contributed by atoms with van der Waals surface area (Å²) in [4.78, 5) is 16.9. The van der Waals surface area contributed by atoms with E-state index in [1.54, 1.807) is 13.1 Å². The van der Waals surface area contributed by atoms with Crippen molar-refractivity contribution >= 4 is 14.2 Å². The minimum atomic E-state index is -1.75. The van der Waals surface area contributed by atoms with E-state index < -0.39 is 8.32 Å². The number of aromatic nitrogens is 2. The number of hydroxylamine groups is 2. The second kappa shape index (κ2) is 6.93. The molecule has 0 bridgehead atoms. The van der Waals surface area contributed by atoms with Crippen LogP contribution in [0.25, 0.3) is 0 Å². The Morgan fingerprint density at radius 1 is 1.41 bits per heavy atom. The van der Waals surface area contributed by atoms with Crippen LogP contribution >= 0.6 is 0 Å². The topological polar surface area (TPSA) is 56.6 Å². The van der Waals surface area contributed by atoms with Crippen molar-refractivity contribution in [2.45, 2.75) is 52.4 Å². The van der Waals surface area contributed by atoms with Gasteiger partial charge in [0.15, 0.2) is 14.0 Å². The van der Waals surface area contributed by atoms with Crippen molar-refractivity contribution in [3.05, 3.63) is 17.5 Å². The van der Waals surface area contributed by atoms with E-state index in [9.17, 15) is 4.79 Å². The third-order valence-electron chi connectivity index (χ3n) is 4.33. The number of amides is 1. The van der Waals surface area contributed by atoms with Crippen molar-refractivity contribution in [3.63, 3.8) is 0 Å². The molecule has 0 aliphatic rings. The molecule has 6 nitrogen and oxygen atoms in total. The summed E-state index contributed by atoms with van der Waals surface area (Å²) in [6, 6.07) is 1.77. The molecule has 1 aromatic rings. The van der Waals surface area contributed by atoms with Crippen LogP contribution in [0.4, 0.5) is 0 Å². The molecule has 1 amide bonds. The van der Waals surface area contributed by atoms with Crippen molar-refractivity contribution in [1.82, 2.24) is 14.8 Å². The summed E-state index contributed by atoms with van der Waals surface area (Å²) in [5.41, 5.74) is 1.32. The molecule has 0 saturated heterocycles. The van der Waals surface area contributed by atoms with E-state index in [-0.39, 0.29) is 10.9 Å². The number of carbonyl (C=O) groups excluding carboxylic acids is 1. The van der Waals surface area contributed by atoms with E-state index in [0.717, 1.165) is 10.8 Å². The molecule has 0 atom stereocenters. The van der Waals surface area contributed by atoms with Crippen LogP contribution in [0.2, 0.25) is 18.1 Å². The summed E-state index contributed by atoms with van der Waals surface area (Å²) in [6.07, 6.45) is 0. The maximum atomic E-state index is 12.0. The van der Waals surface area contributed by atoms with Crippen LogP contribution in [0.5, 0.6) is 0 Å². The molecule has 1 heterocycles. The molecule has 126 valence electrons. The zero-order chi connectivity index (χ0) is 17.1. The van der Waals surface area contributed by atoms with Crippen LogP contribution < -0.4 is 0 Å². The second-order valence-electron chi connectivity index (χ2n) is 6.99. The molecule has 0 aliphatic heterocycles. The lowest BCUT2D eigenvalue weighted by Crippen LogP contribution is -2.41. The molecule has 0 aromatic carbocycles. The molecule has 0 spiro atoms. The number of aryl methyl sites for hydroxylation is 1. The van der Waals surface area contributed by atoms with E-state index in [4.69, 9.17) is 9.26 Å². The van der Waals surface area contributed by atoms with Crippen LogP contribution in [0.1, 0.15) is 37.0 Å². The van der Waals surface area contributed by atoms with Gasteiger partial charge in [-0.1, -0.05) is 20.8 Å². The zero-order valence-corrected chi connectivity index (χ0v) is 16.1. The summed E-state index contributed by atoms with van der Waals surface area (Å²) >= 11 is 0. The first kappa shape index (κ1) is 18.9. The van der Waals surface area contributed by atoms with Gasteiger partial charge in [0.1, 0.15) is 0 Å². The van der Waals surface area contributed by atoms with Crippen molar-refractivity contribution in [2.75, 3.05) is 20.8 Å². The second-order valence-corrected chi connectivity index (χ2v) is 11.8. The van der Waals surface area contributed by atoms with Crippen molar-refractivity contribution in [2.24, 2.45) is 0 Å². The Kier molecular flexibility index (Phi) is 5.94. The number of hydrogen-bond acceptors (Lipinski definition) is 4. The highest BCUT2D eigenvalue weighted by molar-refractivity contribution is 6.74. The molecule has 7 heteroatoms. The van der Waals surface area contributed by atoms with Crippen LogP contribution in [0, 0.1) is 6.92 Å². The van der Waals surface area contributed by atoms with Gasteiger partial charge in [-0.3, -0.25) is 14.3 Å². The highest BCUT2D eigenvalue weighted by Gasteiger charge is 2.36. The van der Waals surface area contributed by atoms with Crippen molar-refractivity contribution in [1.29, 1.82) is 0 Å². The fourth-order valence-electron chi connectivity index (χ4n) is 1.69. The van der Waals surface area contributed by atoms with Crippen LogP contribution in [0.15, 0.2) is 6.07 Å². The lowest BCUT2D eigenvalue weighted by Gasteiger charge is -2.36. The van der Waals surface area contributed by atoms with Gasteiger partial charge in [-0.05, 0) is 31.1 Å². The highest BCUT2D eigenvalue weighted by atomic mass is 28.4. The summed E-state index contributed by atoms with van der Waals surface area (Å²) in [5, 5.41) is 5.70. The largest absolute Gasteiger partial charge is 0.415 e. The van der Waals surface area contributed by atoms with Gasteiger partial charge in [0.2, 0.25) is 0 Å². The van der Waals surface area contributed by atoms with Gasteiger partial charge >= 0.3 is 0 Å². The van der Waals surface area contributed by atoms with Gasteiger partial charge in [0.25, 0.3) is 5.91 Å². The molecule has 22 heavy (non-hydrogen) atoms. The third kappa shape index (κ3) is 4.41. The lowest BCUT2D eigenvalue weighted by atomic mass is 10.2. The predicted octanol–water partition coefficient (Wildman–Crippen LogP) is 2.85. The predicted molar refractivity (Wildman–Crippen MR) is 89.2 cm³/mol. The Labute approximate surface area is 134 Å². The third-order valence-corrected chi connectivity index (χ3v) is 8.87. The Morgan fingerprint density at radius 2 is 2.00 bits per heavy atom. The van der Waals surface area contributed by atoms with E-state index in [0.29, 0.717) is 18.8 Å². The zero-order valence-electron chi connectivity index (χ0n) is 15.1. The van der Waals surface area contributed by atoms with Gasteiger partial charge in [-0.15, -0.1) is 0 Å². The molecule has 0 radical (unpaired) electrons. The van der Waals surface area contributed by atoms with E-state index in [1.807, 2.05) is 11.6 Å². The van der Waals surface area contributed by atoms with Gasteiger partial charge in [0, 0.05) is 12.7 Å². The van der Waals surface area contributed by atoms with Gasteiger partial charge in [-0.25, -0.2) is 5.06 Å².